The summed E-state index contributed by atoms with van der Waals surface area (Å²) in [5.74, 6) is 1.87. The van der Waals surface area contributed by atoms with Gasteiger partial charge in [0, 0.05) is 45.8 Å². The van der Waals surface area contributed by atoms with Crippen LogP contribution >= 0.6 is 0 Å². The number of benzene rings is 1. The maximum Gasteiger partial charge on any atom is 0.231 e. The number of hydrogen-bond donors (Lipinski definition) is 0. The summed E-state index contributed by atoms with van der Waals surface area (Å²) in [6, 6.07) is 6.07. The van der Waals surface area contributed by atoms with Crippen molar-refractivity contribution in [2.45, 2.75) is 25.8 Å². The molecule has 0 N–H and O–H groups in total. The first-order valence-corrected chi connectivity index (χ1v) is 10.4. The molecule has 3 heterocycles. The highest BCUT2D eigenvalue weighted by Gasteiger charge is 2.51. The molecule has 28 heavy (non-hydrogen) atoms. The van der Waals surface area contributed by atoms with Crippen LogP contribution in [0.25, 0.3) is 0 Å². The number of ether oxygens (including phenoxy) is 2. The van der Waals surface area contributed by atoms with E-state index < -0.39 is 0 Å². The zero-order chi connectivity index (χ0) is 19.1. The lowest BCUT2D eigenvalue weighted by Crippen LogP contribution is -2.49. The predicted molar refractivity (Wildman–Crippen MR) is 102 cm³/mol. The SMILES string of the molecule is O=C(C1CC1C(=O)N1CCN(Cc2ccc3c(c2)OCO3)CC1)N1CCCC1. The van der Waals surface area contributed by atoms with E-state index >= 15 is 0 Å². The van der Waals surface area contributed by atoms with Crippen LogP contribution in [0.3, 0.4) is 0 Å². The van der Waals surface area contributed by atoms with Gasteiger partial charge in [0.05, 0.1) is 11.8 Å². The van der Waals surface area contributed by atoms with Crippen molar-refractivity contribution in [3.05, 3.63) is 23.8 Å². The van der Waals surface area contributed by atoms with E-state index in [1.807, 2.05) is 21.9 Å². The number of piperazine rings is 1. The molecule has 4 aliphatic rings. The van der Waals surface area contributed by atoms with Crippen LogP contribution in [0.15, 0.2) is 18.2 Å². The Morgan fingerprint density at radius 3 is 2.21 bits per heavy atom. The van der Waals surface area contributed by atoms with Crippen molar-refractivity contribution >= 4 is 11.8 Å². The third kappa shape index (κ3) is 3.43. The second-order valence-electron chi connectivity index (χ2n) is 8.27. The standard InChI is InChI=1S/C21H27N3O4/c25-20(23-5-1-2-6-23)16-12-17(16)21(26)24-9-7-22(8-10-24)13-15-3-4-18-19(11-15)28-14-27-18/h3-4,11,16-17H,1-2,5-10,12-14H2. The minimum Gasteiger partial charge on any atom is -0.454 e. The molecular weight excluding hydrogens is 358 g/mol. The fourth-order valence-corrected chi connectivity index (χ4v) is 4.57. The average Bonchev–Trinajstić information content (AvgIpc) is 3.10. The van der Waals surface area contributed by atoms with Gasteiger partial charge in [-0.05, 0) is 37.0 Å². The molecule has 2 saturated heterocycles. The van der Waals surface area contributed by atoms with Crippen LogP contribution < -0.4 is 9.47 Å². The van der Waals surface area contributed by atoms with Crippen molar-refractivity contribution in [1.82, 2.24) is 14.7 Å². The quantitative estimate of drug-likeness (QED) is 0.782. The van der Waals surface area contributed by atoms with Crippen LogP contribution in [0.4, 0.5) is 0 Å². The Hall–Kier alpha value is -2.28. The molecule has 7 nitrogen and oxygen atoms in total. The number of carbonyl (C=O) groups is 2. The molecule has 0 aromatic heterocycles. The maximum atomic E-state index is 12.8. The van der Waals surface area contributed by atoms with Gasteiger partial charge < -0.3 is 19.3 Å². The minimum atomic E-state index is -0.0755. The van der Waals surface area contributed by atoms with Gasteiger partial charge in [0.2, 0.25) is 18.6 Å². The van der Waals surface area contributed by atoms with Crippen molar-refractivity contribution in [1.29, 1.82) is 0 Å². The smallest absolute Gasteiger partial charge is 0.231 e. The Kier molecular flexibility index (Phi) is 4.62. The summed E-state index contributed by atoms with van der Waals surface area (Å²) >= 11 is 0. The molecule has 0 radical (unpaired) electrons. The van der Waals surface area contributed by atoms with Gasteiger partial charge in [-0.25, -0.2) is 0 Å². The fourth-order valence-electron chi connectivity index (χ4n) is 4.57. The van der Waals surface area contributed by atoms with Gasteiger partial charge in [-0.2, -0.15) is 0 Å². The number of likely N-dealkylation sites (tertiary alicyclic amines) is 1. The monoisotopic (exact) mass is 385 g/mol. The molecular formula is C21H27N3O4. The van der Waals surface area contributed by atoms with Gasteiger partial charge in [0.15, 0.2) is 11.5 Å². The van der Waals surface area contributed by atoms with Crippen LogP contribution in [0, 0.1) is 11.8 Å². The summed E-state index contributed by atoms with van der Waals surface area (Å²) in [6.07, 6.45) is 2.94. The molecule has 2 amide bonds. The first-order valence-electron chi connectivity index (χ1n) is 10.4. The largest absolute Gasteiger partial charge is 0.454 e. The molecule has 2 unspecified atom stereocenters. The Morgan fingerprint density at radius 2 is 1.50 bits per heavy atom. The summed E-state index contributed by atoms with van der Waals surface area (Å²) in [6.45, 7) is 6.08. The average molecular weight is 385 g/mol. The topological polar surface area (TPSA) is 62.3 Å². The highest BCUT2D eigenvalue weighted by molar-refractivity contribution is 5.92. The Bertz CT molecular complexity index is 769. The van der Waals surface area contributed by atoms with Crippen LogP contribution in [0.5, 0.6) is 11.5 Å². The zero-order valence-corrected chi connectivity index (χ0v) is 16.1. The van der Waals surface area contributed by atoms with E-state index in [9.17, 15) is 9.59 Å². The van der Waals surface area contributed by atoms with Crippen LogP contribution in [0.2, 0.25) is 0 Å². The molecule has 1 aromatic rings. The van der Waals surface area contributed by atoms with E-state index in [1.165, 1.54) is 5.56 Å². The molecule has 5 rings (SSSR count). The van der Waals surface area contributed by atoms with E-state index in [0.717, 1.165) is 76.6 Å². The van der Waals surface area contributed by atoms with Crippen LogP contribution in [-0.4, -0.2) is 72.6 Å². The molecule has 1 aromatic carbocycles. The molecule has 2 atom stereocenters. The van der Waals surface area contributed by atoms with E-state index in [4.69, 9.17) is 9.47 Å². The van der Waals surface area contributed by atoms with Crippen molar-refractivity contribution in [3.63, 3.8) is 0 Å². The lowest BCUT2D eigenvalue weighted by molar-refractivity contribution is -0.138. The van der Waals surface area contributed by atoms with Crippen LogP contribution in [-0.2, 0) is 16.1 Å². The van der Waals surface area contributed by atoms with E-state index in [0.29, 0.717) is 6.79 Å². The summed E-state index contributed by atoms with van der Waals surface area (Å²) in [5, 5.41) is 0. The second kappa shape index (κ2) is 7.28. The lowest BCUT2D eigenvalue weighted by Gasteiger charge is -2.35. The van der Waals surface area contributed by atoms with Gasteiger partial charge in [0.1, 0.15) is 0 Å². The van der Waals surface area contributed by atoms with E-state index in [2.05, 4.69) is 11.0 Å². The number of amides is 2. The number of fused-ring (bicyclic) bond motifs is 1. The van der Waals surface area contributed by atoms with Crippen molar-refractivity contribution in [3.8, 4) is 11.5 Å². The van der Waals surface area contributed by atoms with Gasteiger partial charge in [-0.3, -0.25) is 14.5 Å². The molecule has 7 heteroatoms. The maximum absolute atomic E-state index is 12.8. The van der Waals surface area contributed by atoms with Crippen LogP contribution in [0.1, 0.15) is 24.8 Å². The third-order valence-corrected chi connectivity index (χ3v) is 6.37. The van der Waals surface area contributed by atoms with E-state index in [1.54, 1.807) is 0 Å². The Balaban J connectivity index is 1.10. The van der Waals surface area contributed by atoms with Gasteiger partial charge in [-0.15, -0.1) is 0 Å². The number of carbonyl (C=O) groups excluding carboxylic acids is 2. The summed E-state index contributed by atoms with van der Waals surface area (Å²) in [7, 11) is 0. The molecule has 150 valence electrons. The number of rotatable bonds is 4. The first kappa shape index (κ1) is 17.8. The fraction of sp³-hybridized carbons (Fsp3) is 0.619. The van der Waals surface area contributed by atoms with Crippen molar-refractivity contribution in [2.24, 2.45) is 11.8 Å². The first-order chi connectivity index (χ1) is 13.7. The molecule has 0 spiro atoms. The van der Waals surface area contributed by atoms with Gasteiger partial charge in [-0.1, -0.05) is 6.07 Å². The normalized spacial score (nSPS) is 26.6. The van der Waals surface area contributed by atoms with Crippen molar-refractivity contribution in [2.75, 3.05) is 46.1 Å². The molecule has 3 fully saturated rings. The highest BCUT2D eigenvalue weighted by Crippen LogP contribution is 2.42. The molecule has 1 saturated carbocycles. The summed E-state index contributed by atoms with van der Waals surface area (Å²) in [4.78, 5) is 31.5. The zero-order valence-electron chi connectivity index (χ0n) is 16.1. The summed E-state index contributed by atoms with van der Waals surface area (Å²) < 4.78 is 10.8. The van der Waals surface area contributed by atoms with Gasteiger partial charge >= 0.3 is 0 Å². The highest BCUT2D eigenvalue weighted by atomic mass is 16.7. The lowest BCUT2D eigenvalue weighted by atomic mass is 10.1. The number of hydrogen-bond acceptors (Lipinski definition) is 5. The van der Waals surface area contributed by atoms with Gasteiger partial charge in [0.25, 0.3) is 0 Å². The Labute approximate surface area is 165 Å². The minimum absolute atomic E-state index is 0.0581. The third-order valence-electron chi connectivity index (χ3n) is 6.37. The molecule has 1 aliphatic carbocycles. The molecule has 0 bridgehead atoms. The summed E-state index contributed by atoms with van der Waals surface area (Å²) in [5.41, 5.74) is 1.20. The molecule has 3 aliphatic heterocycles. The van der Waals surface area contributed by atoms with E-state index in [-0.39, 0.29) is 23.7 Å². The second-order valence-corrected chi connectivity index (χ2v) is 8.27. The van der Waals surface area contributed by atoms with Crippen molar-refractivity contribution < 1.29 is 19.1 Å². The predicted octanol–water partition coefficient (Wildman–Crippen LogP) is 1.32. The number of nitrogens with zero attached hydrogens (tertiary/aromatic N) is 3. The Morgan fingerprint density at radius 1 is 0.857 bits per heavy atom.